The summed E-state index contributed by atoms with van der Waals surface area (Å²) in [6, 6.07) is 14.7. The molecule has 0 saturated heterocycles. The maximum atomic E-state index is 12.6. The van der Waals surface area contributed by atoms with Crippen molar-refractivity contribution in [1.82, 2.24) is 4.90 Å². The Morgan fingerprint density at radius 3 is 2.31 bits per heavy atom. The van der Waals surface area contributed by atoms with Gasteiger partial charge in [0.05, 0.1) is 6.54 Å². The molecule has 1 aliphatic carbocycles. The molecule has 0 spiro atoms. The molecule has 0 bridgehead atoms. The topological polar surface area (TPSA) is 85.3 Å². The summed E-state index contributed by atoms with van der Waals surface area (Å²) in [7, 11) is 0. The number of aryl methyl sites for hydroxylation is 1. The van der Waals surface area contributed by atoms with Crippen LogP contribution in [0.25, 0.3) is 0 Å². The van der Waals surface area contributed by atoms with E-state index in [0.29, 0.717) is 50.1 Å². The monoisotopic (exact) mass is 441 g/mol. The number of hydrogen-bond acceptors (Lipinski definition) is 5. The number of hydrogen-bond donors (Lipinski definition) is 1. The zero-order valence-electron chi connectivity index (χ0n) is 18.7. The number of carboxylic acid groups (broad SMARTS) is 1. The van der Waals surface area contributed by atoms with Crippen LogP contribution >= 0.6 is 0 Å². The van der Waals surface area contributed by atoms with Gasteiger partial charge in [-0.25, -0.2) is 9.59 Å². The largest absolute Gasteiger partial charge is 0.492 e. The highest BCUT2D eigenvalue weighted by atomic mass is 16.6. The fourth-order valence-electron chi connectivity index (χ4n) is 3.27. The van der Waals surface area contributed by atoms with Crippen molar-refractivity contribution in [3.8, 4) is 11.5 Å². The van der Waals surface area contributed by atoms with Gasteiger partial charge in [0.1, 0.15) is 18.1 Å². The summed E-state index contributed by atoms with van der Waals surface area (Å²) in [5, 5.41) is 9.21. The minimum absolute atomic E-state index is 0.295. The standard InChI is InChI=1S/C25H31NO6/c1-3-30-23(24(27)28)16-19-8-12-21(13-9-19)31-15-14-26(17-20-6-7-20)25(29)32-22-10-4-18(2)5-11-22/h4-5,8-13,20,23H,3,6-7,14-17H2,1-2H3,(H,27,28). The second-order valence-corrected chi connectivity index (χ2v) is 8.05. The molecule has 0 radical (unpaired) electrons. The molecule has 1 amide bonds. The predicted octanol–water partition coefficient (Wildman–Crippen LogP) is 4.32. The van der Waals surface area contributed by atoms with E-state index in [1.165, 1.54) is 0 Å². The molecular formula is C25H31NO6. The minimum atomic E-state index is -0.972. The molecule has 1 fully saturated rings. The Kier molecular flexibility index (Phi) is 8.50. The Balaban J connectivity index is 1.50. The number of nitrogens with zero attached hydrogens (tertiary/aromatic N) is 1. The third-order valence-corrected chi connectivity index (χ3v) is 5.28. The second-order valence-electron chi connectivity index (χ2n) is 8.05. The summed E-state index contributed by atoms with van der Waals surface area (Å²) < 4.78 is 16.6. The van der Waals surface area contributed by atoms with Crippen LogP contribution in [-0.4, -0.2) is 54.5 Å². The van der Waals surface area contributed by atoms with Crippen LogP contribution in [0.5, 0.6) is 11.5 Å². The van der Waals surface area contributed by atoms with Gasteiger partial charge in [-0.05, 0) is 62.4 Å². The normalized spacial score (nSPS) is 13.9. The van der Waals surface area contributed by atoms with Gasteiger partial charge in [0.25, 0.3) is 0 Å². The summed E-state index contributed by atoms with van der Waals surface area (Å²) >= 11 is 0. The van der Waals surface area contributed by atoms with Crippen molar-refractivity contribution < 1.29 is 28.9 Å². The highest BCUT2D eigenvalue weighted by Gasteiger charge is 2.27. The lowest BCUT2D eigenvalue weighted by atomic mass is 10.1. The highest BCUT2D eigenvalue weighted by molar-refractivity contribution is 5.72. The Morgan fingerprint density at radius 1 is 1.06 bits per heavy atom. The number of carboxylic acids is 1. The Hall–Kier alpha value is -3.06. The van der Waals surface area contributed by atoms with E-state index in [9.17, 15) is 14.7 Å². The molecule has 7 nitrogen and oxygen atoms in total. The van der Waals surface area contributed by atoms with E-state index in [0.717, 1.165) is 24.0 Å². The molecule has 0 heterocycles. The van der Waals surface area contributed by atoms with Crippen molar-refractivity contribution in [2.45, 2.75) is 39.2 Å². The van der Waals surface area contributed by atoms with Crippen molar-refractivity contribution in [2.75, 3.05) is 26.3 Å². The minimum Gasteiger partial charge on any atom is -0.492 e. The van der Waals surface area contributed by atoms with Crippen LogP contribution in [0.4, 0.5) is 4.79 Å². The molecule has 3 rings (SSSR count). The average molecular weight is 442 g/mol. The van der Waals surface area contributed by atoms with E-state index < -0.39 is 12.1 Å². The van der Waals surface area contributed by atoms with Crippen molar-refractivity contribution in [2.24, 2.45) is 5.92 Å². The Bertz CT molecular complexity index is 876. The molecule has 172 valence electrons. The van der Waals surface area contributed by atoms with Gasteiger partial charge in [-0.15, -0.1) is 0 Å². The van der Waals surface area contributed by atoms with Gasteiger partial charge in [0.15, 0.2) is 6.10 Å². The zero-order valence-corrected chi connectivity index (χ0v) is 18.7. The van der Waals surface area contributed by atoms with Crippen LogP contribution in [0.1, 0.15) is 30.9 Å². The third kappa shape index (κ3) is 7.57. The number of carbonyl (C=O) groups excluding carboxylic acids is 1. The summed E-state index contributed by atoms with van der Waals surface area (Å²) in [4.78, 5) is 25.6. The van der Waals surface area contributed by atoms with E-state index >= 15 is 0 Å². The highest BCUT2D eigenvalue weighted by Crippen LogP contribution is 2.30. The third-order valence-electron chi connectivity index (χ3n) is 5.28. The Labute approximate surface area is 188 Å². The lowest BCUT2D eigenvalue weighted by Gasteiger charge is -2.22. The summed E-state index contributed by atoms with van der Waals surface area (Å²) in [5.74, 6) is 0.757. The van der Waals surface area contributed by atoms with Crippen molar-refractivity contribution in [3.05, 3.63) is 59.7 Å². The lowest BCUT2D eigenvalue weighted by molar-refractivity contribution is -0.149. The van der Waals surface area contributed by atoms with Crippen LogP contribution < -0.4 is 9.47 Å². The molecule has 1 saturated carbocycles. The molecule has 1 atom stereocenters. The average Bonchev–Trinajstić information content (AvgIpc) is 3.59. The molecule has 0 aliphatic heterocycles. The van der Waals surface area contributed by atoms with Crippen LogP contribution in [0.2, 0.25) is 0 Å². The second kappa shape index (κ2) is 11.5. The van der Waals surface area contributed by atoms with E-state index in [1.807, 2.05) is 31.2 Å². The van der Waals surface area contributed by atoms with Crippen molar-refractivity contribution >= 4 is 12.1 Å². The van der Waals surface area contributed by atoms with Crippen molar-refractivity contribution in [1.29, 1.82) is 0 Å². The first-order valence-corrected chi connectivity index (χ1v) is 11.0. The van der Waals surface area contributed by atoms with Gasteiger partial charge in [0, 0.05) is 19.6 Å². The van der Waals surface area contributed by atoms with Gasteiger partial charge >= 0.3 is 12.1 Å². The molecule has 2 aromatic carbocycles. The maximum absolute atomic E-state index is 12.6. The van der Waals surface area contributed by atoms with E-state index in [1.54, 1.807) is 36.1 Å². The van der Waals surface area contributed by atoms with Crippen LogP contribution in [-0.2, 0) is 16.0 Å². The molecular weight excluding hydrogens is 410 g/mol. The first-order valence-electron chi connectivity index (χ1n) is 11.0. The number of carbonyl (C=O) groups is 2. The fraction of sp³-hybridized carbons (Fsp3) is 0.440. The SMILES string of the molecule is CCOC(Cc1ccc(OCCN(CC2CC2)C(=O)Oc2ccc(C)cc2)cc1)C(=O)O. The zero-order chi connectivity index (χ0) is 22.9. The number of ether oxygens (including phenoxy) is 3. The number of amides is 1. The fourth-order valence-corrected chi connectivity index (χ4v) is 3.27. The van der Waals surface area contributed by atoms with Crippen LogP contribution in [0.15, 0.2) is 48.5 Å². The quantitative estimate of drug-likeness (QED) is 0.528. The van der Waals surface area contributed by atoms with Gasteiger partial charge in [-0.3, -0.25) is 0 Å². The Morgan fingerprint density at radius 2 is 1.72 bits per heavy atom. The van der Waals surface area contributed by atoms with E-state index in [4.69, 9.17) is 14.2 Å². The molecule has 1 aliphatic rings. The number of aliphatic carboxylic acids is 1. The molecule has 1 N–H and O–H groups in total. The van der Waals surface area contributed by atoms with Gasteiger partial charge in [-0.2, -0.15) is 0 Å². The number of benzene rings is 2. The molecule has 0 aromatic heterocycles. The first kappa shape index (κ1) is 23.6. The van der Waals surface area contributed by atoms with E-state index in [-0.39, 0.29) is 6.09 Å². The van der Waals surface area contributed by atoms with Gasteiger partial charge < -0.3 is 24.2 Å². The van der Waals surface area contributed by atoms with Gasteiger partial charge in [0.2, 0.25) is 0 Å². The molecule has 2 aromatic rings. The number of rotatable bonds is 12. The first-order chi connectivity index (χ1) is 15.4. The smallest absolute Gasteiger partial charge is 0.415 e. The lowest BCUT2D eigenvalue weighted by Crippen LogP contribution is -2.38. The van der Waals surface area contributed by atoms with Gasteiger partial charge in [-0.1, -0.05) is 29.8 Å². The molecule has 32 heavy (non-hydrogen) atoms. The summed E-state index contributed by atoms with van der Waals surface area (Å²) in [6.07, 6.45) is 1.34. The maximum Gasteiger partial charge on any atom is 0.415 e. The van der Waals surface area contributed by atoms with Crippen LogP contribution in [0, 0.1) is 12.8 Å². The molecule has 7 heteroatoms. The van der Waals surface area contributed by atoms with E-state index in [2.05, 4.69) is 0 Å². The summed E-state index contributed by atoms with van der Waals surface area (Å²) in [5.41, 5.74) is 1.96. The van der Waals surface area contributed by atoms with Crippen LogP contribution in [0.3, 0.4) is 0 Å². The van der Waals surface area contributed by atoms with Crippen molar-refractivity contribution in [3.63, 3.8) is 0 Å². The summed E-state index contributed by atoms with van der Waals surface area (Å²) in [6.45, 7) is 5.54. The predicted molar refractivity (Wildman–Crippen MR) is 120 cm³/mol. The molecule has 1 unspecified atom stereocenters.